The number of hydrogen-bond acceptors (Lipinski definition) is 4. The van der Waals surface area contributed by atoms with E-state index >= 15 is 0 Å². The highest BCUT2D eigenvalue weighted by Gasteiger charge is 2.19. The number of esters is 1. The lowest BCUT2D eigenvalue weighted by Gasteiger charge is -2.08. The van der Waals surface area contributed by atoms with Crippen molar-refractivity contribution in [2.75, 3.05) is 7.11 Å². The molecule has 0 radical (unpaired) electrons. The number of halogens is 1. The Bertz CT molecular complexity index is 317. The van der Waals surface area contributed by atoms with Gasteiger partial charge in [-0.2, -0.15) is 0 Å². The molecule has 0 N–H and O–H groups in total. The Hall–Kier alpha value is -0.970. The third-order valence-electron chi connectivity index (χ3n) is 1.66. The van der Waals surface area contributed by atoms with Crippen LogP contribution in [0, 0.1) is 0 Å². The van der Waals surface area contributed by atoms with E-state index in [2.05, 4.69) is 30.6 Å². The van der Waals surface area contributed by atoms with Crippen molar-refractivity contribution in [1.29, 1.82) is 0 Å². The van der Waals surface area contributed by atoms with Gasteiger partial charge in [0.05, 0.1) is 23.2 Å². The van der Waals surface area contributed by atoms with Gasteiger partial charge in [0, 0.05) is 6.20 Å². The van der Waals surface area contributed by atoms with Gasteiger partial charge in [-0.25, -0.2) is 9.97 Å². The van der Waals surface area contributed by atoms with E-state index in [-0.39, 0.29) is 11.9 Å². The number of hydrogen-bond donors (Lipinski definition) is 0. The van der Waals surface area contributed by atoms with Gasteiger partial charge >= 0.3 is 5.97 Å². The molecule has 0 aliphatic heterocycles. The van der Waals surface area contributed by atoms with Crippen LogP contribution in [0.4, 0.5) is 0 Å². The molecule has 0 spiro atoms. The topological polar surface area (TPSA) is 52.1 Å². The van der Waals surface area contributed by atoms with Gasteiger partial charge in [-0.15, -0.1) is 0 Å². The van der Waals surface area contributed by atoms with Gasteiger partial charge in [0.15, 0.2) is 0 Å². The van der Waals surface area contributed by atoms with Gasteiger partial charge in [-0.3, -0.25) is 4.79 Å². The Kier molecular flexibility index (Phi) is 3.36. The molecule has 0 bridgehead atoms. The maximum atomic E-state index is 11.2. The number of carbonyl (C=O) groups is 1. The number of nitrogens with zero attached hydrogens (tertiary/aromatic N) is 2. The molecule has 0 amide bonds. The van der Waals surface area contributed by atoms with E-state index in [4.69, 9.17) is 0 Å². The van der Waals surface area contributed by atoms with Gasteiger partial charge in [0.25, 0.3) is 0 Å². The largest absolute Gasteiger partial charge is 0.469 e. The first-order valence-corrected chi connectivity index (χ1v) is 4.49. The molecule has 4 nitrogen and oxygen atoms in total. The molecule has 1 unspecified atom stereocenters. The summed E-state index contributed by atoms with van der Waals surface area (Å²) in [5.74, 6) is -0.679. The summed E-state index contributed by atoms with van der Waals surface area (Å²) < 4.78 is 5.32. The van der Waals surface area contributed by atoms with E-state index in [1.54, 1.807) is 13.1 Å². The maximum Gasteiger partial charge on any atom is 0.314 e. The number of carbonyl (C=O) groups excluding carboxylic acids is 1. The van der Waals surface area contributed by atoms with Crippen LogP contribution in [0.5, 0.6) is 0 Å². The third kappa shape index (κ3) is 2.24. The standard InChI is InChI=1S/C8H9BrN2O2/c1-5(8(12)13-2)7-6(9)3-10-4-11-7/h3-5H,1-2H3. The second-order valence-electron chi connectivity index (χ2n) is 2.50. The Labute approximate surface area is 84.5 Å². The molecule has 1 heterocycles. The molecule has 1 aromatic heterocycles. The average Bonchev–Trinajstić information content (AvgIpc) is 2.16. The third-order valence-corrected chi connectivity index (χ3v) is 2.27. The summed E-state index contributed by atoms with van der Waals surface area (Å²) in [6, 6.07) is 0. The van der Waals surface area contributed by atoms with E-state index in [0.717, 1.165) is 0 Å². The summed E-state index contributed by atoms with van der Waals surface area (Å²) >= 11 is 3.26. The summed E-state index contributed by atoms with van der Waals surface area (Å²) in [4.78, 5) is 19.0. The molecule has 70 valence electrons. The molecule has 13 heavy (non-hydrogen) atoms. The first kappa shape index (κ1) is 10.1. The van der Waals surface area contributed by atoms with Gasteiger partial charge in [0.2, 0.25) is 0 Å². The Morgan fingerprint density at radius 3 is 2.92 bits per heavy atom. The quantitative estimate of drug-likeness (QED) is 0.741. The predicted molar refractivity (Wildman–Crippen MR) is 50.2 cm³/mol. The Morgan fingerprint density at radius 1 is 1.69 bits per heavy atom. The first-order valence-electron chi connectivity index (χ1n) is 3.70. The fourth-order valence-corrected chi connectivity index (χ4v) is 1.49. The van der Waals surface area contributed by atoms with E-state index in [0.29, 0.717) is 10.2 Å². The van der Waals surface area contributed by atoms with Crippen LogP contribution in [-0.4, -0.2) is 23.0 Å². The van der Waals surface area contributed by atoms with Crippen LogP contribution in [0.3, 0.4) is 0 Å². The van der Waals surface area contributed by atoms with Crippen LogP contribution >= 0.6 is 15.9 Å². The van der Waals surface area contributed by atoms with Crippen molar-refractivity contribution in [3.63, 3.8) is 0 Å². The number of methoxy groups -OCH3 is 1. The van der Waals surface area contributed by atoms with Crippen molar-refractivity contribution < 1.29 is 9.53 Å². The second kappa shape index (κ2) is 4.32. The minimum absolute atomic E-state index is 0.306. The van der Waals surface area contributed by atoms with Crippen molar-refractivity contribution in [3.05, 3.63) is 22.7 Å². The van der Waals surface area contributed by atoms with Crippen LogP contribution in [0.2, 0.25) is 0 Å². The molecule has 0 aromatic carbocycles. The van der Waals surface area contributed by atoms with Gasteiger partial charge in [-0.1, -0.05) is 0 Å². The highest BCUT2D eigenvalue weighted by atomic mass is 79.9. The molecule has 0 aliphatic carbocycles. The second-order valence-corrected chi connectivity index (χ2v) is 3.36. The monoisotopic (exact) mass is 244 g/mol. The lowest BCUT2D eigenvalue weighted by atomic mass is 10.1. The van der Waals surface area contributed by atoms with Crippen molar-refractivity contribution in [2.45, 2.75) is 12.8 Å². The molecule has 0 fully saturated rings. The summed E-state index contributed by atoms with van der Waals surface area (Å²) in [5, 5.41) is 0. The van der Waals surface area contributed by atoms with Crippen LogP contribution in [-0.2, 0) is 9.53 Å². The smallest absolute Gasteiger partial charge is 0.314 e. The Morgan fingerprint density at radius 2 is 2.38 bits per heavy atom. The SMILES string of the molecule is COC(=O)C(C)c1ncncc1Br. The maximum absolute atomic E-state index is 11.2. The molecular weight excluding hydrogens is 236 g/mol. The van der Waals surface area contributed by atoms with Gasteiger partial charge < -0.3 is 4.74 Å². The first-order chi connectivity index (χ1) is 6.16. The lowest BCUT2D eigenvalue weighted by Crippen LogP contribution is -2.12. The number of aromatic nitrogens is 2. The van der Waals surface area contributed by atoms with E-state index in [1.165, 1.54) is 13.4 Å². The molecule has 0 saturated heterocycles. The van der Waals surface area contributed by atoms with Crippen LogP contribution < -0.4 is 0 Å². The fourth-order valence-electron chi connectivity index (χ4n) is 0.929. The molecule has 1 aromatic rings. The van der Waals surface area contributed by atoms with E-state index < -0.39 is 0 Å². The lowest BCUT2D eigenvalue weighted by molar-refractivity contribution is -0.142. The highest BCUT2D eigenvalue weighted by Crippen LogP contribution is 2.21. The number of ether oxygens (including phenoxy) is 1. The van der Waals surface area contributed by atoms with E-state index in [1.807, 2.05) is 0 Å². The minimum atomic E-state index is -0.373. The van der Waals surface area contributed by atoms with Crippen LogP contribution in [0.25, 0.3) is 0 Å². The molecule has 5 heteroatoms. The average molecular weight is 245 g/mol. The fraction of sp³-hybridized carbons (Fsp3) is 0.375. The molecule has 1 rings (SSSR count). The predicted octanol–water partition coefficient (Wildman–Crippen LogP) is 1.52. The van der Waals surface area contributed by atoms with Crippen molar-refractivity contribution in [3.8, 4) is 0 Å². The summed E-state index contributed by atoms with van der Waals surface area (Å²) in [7, 11) is 1.36. The normalized spacial score (nSPS) is 12.2. The van der Waals surface area contributed by atoms with Crippen molar-refractivity contribution >= 4 is 21.9 Å². The van der Waals surface area contributed by atoms with Crippen molar-refractivity contribution in [2.24, 2.45) is 0 Å². The molecular formula is C8H9BrN2O2. The summed E-state index contributed by atoms with van der Waals surface area (Å²) in [6.45, 7) is 1.74. The number of rotatable bonds is 2. The van der Waals surface area contributed by atoms with Crippen LogP contribution in [0.1, 0.15) is 18.5 Å². The highest BCUT2D eigenvalue weighted by molar-refractivity contribution is 9.10. The zero-order valence-electron chi connectivity index (χ0n) is 7.32. The van der Waals surface area contributed by atoms with Crippen molar-refractivity contribution in [1.82, 2.24) is 9.97 Å². The van der Waals surface area contributed by atoms with Gasteiger partial charge in [-0.05, 0) is 22.9 Å². The Balaban J connectivity index is 2.95. The minimum Gasteiger partial charge on any atom is -0.469 e. The molecule has 0 saturated carbocycles. The molecule has 0 aliphatic rings. The molecule has 1 atom stereocenters. The van der Waals surface area contributed by atoms with E-state index in [9.17, 15) is 4.79 Å². The summed E-state index contributed by atoms with van der Waals surface area (Å²) in [6.07, 6.45) is 3.00. The summed E-state index contributed by atoms with van der Waals surface area (Å²) in [5.41, 5.74) is 0.641. The van der Waals surface area contributed by atoms with Crippen LogP contribution in [0.15, 0.2) is 17.0 Å². The van der Waals surface area contributed by atoms with Gasteiger partial charge in [0.1, 0.15) is 6.33 Å². The zero-order valence-corrected chi connectivity index (χ0v) is 8.91. The zero-order chi connectivity index (χ0) is 9.84.